The summed E-state index contributed by atoms with van der Waals surface area (Å²) in [5.41, 5.74) is 4.60. The first-order chi connectivity index (χ1) is 14.4. The minimum Gasteiger partial charge on any atom is -0.496 e. The lowest BCUT2D eigenvalue weighted by molar-refractivity contribution is 0.389. The third-order valence-electron chi connectivity index (χ3n) is 5.47. The van der Waals surface area contributed by atoms with Gasteiger partial charge in [0.15, 0.2) is 0 Å². The molecule has 0 heterocycles. The average Bonchev–Trinajstić information content (AvgIpc) is 3.09. The molecule has 0 N–H and O–H groups in total. The number of methoxy groups -OCH3 is 3. The van der Waals surface area contributed by atoms with Gasteiger partial charge in [-0.25, -0.2) is 0 Å². The Balaban J connectivity index is 2.19. The van der Waals surface area contributed by atoms with Crippen LogP contribution < -0.4 is 24.8 Å². The van der Waals surface area contributed by atoms with Crippen LogP contribution >= 0.6 is 23.9 Å². The van der Waals surface area contributed by atoms with E-state index < -0.39 is 7.92 Å². The van der Waals surface area contributed by atoms with E-state index in [0.717, 1.165) is 40.4 Å². The van der Waals surface area contributed by atoms with Gasteiger partial charge in [0.05, 0.1) is 26.2 Å². The van der Waals surface area contributed by atoms with Crippen LogP contribution in [-0.2, 0) is 0 Å². The molecular formula is C25H29BrO3P. The molecule has 5 heteroatoms. The van der Waals surface area contributed by atoms with E-state index in [2.05, 4.69) is 73.8 Å². The Bertz CT molecular complexity index is 850. The number of benzene rings is 2. The molecule has 159 valence electrons. The largest absolute Gasteiger partial charge is 0.496 e. The van der Waals surface area contributed by atoms with E-state index in [1.54, 1.807) is 21.3 Å². The van der Waals surface area contributed by atoms with Crippen LogP contribution in [0.4, 0.5) is 0 Å². The van der Waals surface area contributed by atoms with Gasteiger partial charge in [-0.15, -0.1) is 0 Å². The number of hydrogen-bond donors (Lipinski definition) is 0. The molecule has 1 fully saturated rings. The third-order valence-corrected chi connectivity index (χ3v) is 9.12. The van der Waals surface area contributed by atoms with Crippen molar-refractivity contribution < 1.29 is 14.2 Å². The van der Waals surface area contributed by atoms with Gasteiger partial charge in [-0.05, 0) is 99.9 Å². The number of halogens is 1. The normalized spacial score (nSPS) is 16.7. The second kappa shape index (κ2) is 9.92. The number of aryl methyl sites for hydroxylation is 2. The zero-order valence-corrected chi connectivity index (χ0v) is 21.2. The van der Waals surface area contributed by atoms with E-state index in [9.17, 15) is 0 Å². The van der Waals surface area contributed by atoms with Gasteiger partial charge in [0.25, 0.3) is 0 Å². The molecule has 1 unspecified atom stereocenters. The lowest BCUT2D eigenvalue weighted by Gasteiger charge is -2.29. The molecule has 1 saturated carbocycles. The summed E-state index contributed by atoms with van der Waals surface area (Å²) in [5, 5.41) is 2.48. The van der Waals surface area contributed by atoms with E-state index in [-0.39, 0.29) is 0 Å². The van der Waals surface area contributed by atoms with E-state index in [0.29, 0.717) is 0 Å². The maximum Gasteiger partial charge on any atom is 0.126 e. The fourth-order valence-electron chi connectivity index (χ4n) is 3.94. The molecule has 0 aliphatic heterocycles. The van der Waals surface area contributed by atoms with Gasteiger partial charge in [-0.2, -0.15) is 0 Å². The van der Waals surface area contributed by atoms with E-state index in [1.165, 1.54) is 27.0 Å². The molecule has 0 aromatic heterocycles. The predicted octanol–water partition coefficient (Wildman–Crippen LogP) is 5.94. The Labute approximate surface area is 191 Å². The second-order valence-corrected chi connectivity index (χ2v) is 10.3. The zero-order chi connectivity index (χ0) is 22.0. The average molecular weight is 488 g/mol. The molecule has 3 rings (SSSR count). The van der Waals surface area contributed by atoms with Gasteiger partial charge >= 0.3 is 0 Å². The monoisotopic (exact) mass is 487 g/mol. The highest BCUT2D eigenvalue weighted by atomic mass is 79.9. The van der Waals surface area contributed by atoms with Crippen LogP contribution in [0.1, 0.15) is 30.0 Å². The van der Waals surface area contributed by atoms with Gasteiger partial charge in [0, 0.05) is 11.2 Å². The second-order valence-electron chi connectivity index (χ2n) is 7.33. The first-order valence-corrected chi connectivity index (χ1v) is 12.1. The van der Waals surface area contributed by atoms with Gasteiger partial charge < -0.3 is 14.2 Å². The molecule has 30 heavy (non-hydrogen) atoms. The van der Waals surface area contributed by atoms with Crippen molar-refractivity contribution >= 4 is 34.5 Å². The Morgan fingerprint density at radius 2 is 1.33 bits per heavy atom. The number of rotatable bonds is 7. The van der Waals surface area contributed by atoms with E-state index in [1.807, 2.05) is 6.92 Å². The molecule has 1 aliphatic rings. The molecule has 2 aromatic rings. The molecule has 5 radical (unpaired) electrons. The van der Waals surface area contributed by atoms with E-state index >= 15 is 0 Å². The Kier molecular flexibility index (Phi) is 7.74. The Morgan fingerprint density at radius 3 is 1.77 bits per heavy atom. The summed E-state index contributed by atoms with van der Waals surface area (Å²) in [6.45, 7) is 8.43. The van der Waals surface area contributed by atoms with Crippen LogP contribution in [0.2, 0.25) is 0 Å². The third kappa shape index (κ3) is 4.36. The van der Waals surface area contributed by atoms with Crippen molar-refractivity contribution in [3.05, 3.63) is 70.2 Å². The quantitative estimate of drug-likeness (QED) is 0.452. The van der Waals surface area contributed by atoms with Crippen LogP contribution in [-0.4, -0.2) is 21.3 Å². The Morgan fingerprint density at radius 1 is 0.800 bits per heavy atom. The summed E-state index contributed by atoms with van der Waals surface area (Å²) in [5.74, 6) is 3.96. The van der Waals surface area contributed by atoms with E-state index in [4.69, 9.17) is 14.2 Å². The topological polar surface area (TPSA) is 27.7 Å². The van der Waals surface area contributed by atoms with Crippen molar-refractivity contribution in [3.8, 4) is 17.2 Å². The molecule has 1 aliphatic carbocycles. The van der Waals surface area contributed by atoms with Crippen molar-refractivity contribution in [1.82, 2.24) is 0 Å². The van der Waals surface area contributed by atoms with Crippen LogP contribution in [0.5, 0.6) is 17.2 Å². The van der Waals surface area contributed by atoms with Crippen LogP contribution in [0.3, 0.4) is 0 Å². The maximum absolute atomic E-state index is 5.69. The Hall–Kier alpha value is -1.25. The summed E-state index contributed by atoms with van der Waals surface area (Å²) in [6.07, 6.45) is 5.47. The highest BCUT2D eigenvalue weighted by Gasteiger charge is 2.41. The minimum atomic E-state index is -0.820. The molecule has 0 saturated heterocycles. The predicted molar refractivity (Wildman–Crippen MR) is 130 cm³/mol. The molecule has 1 atom stereocenters. The van der Waals surface area contributed by atoms with Crippen LogP contribution in [0, 0.1) is 50.0 Å². The molecule has 0 spiro atoms. The molecular weight excluding hydrogens is 459 g/mol. The number of hydrogen-bond acceptors (Lipinski definition) is 3. The summed E-state index contributed by atoms with van der Waals surface area (Å²) in [7, 11) is 4.33. The van der Waals surface area contributed by atoms with Crippen molar-refractivity contribution in [1.29, 1.82) is 0 Å². The highest BCUT2D eigenvalue weighted by Crippen LogP contribution is 2.62. The lowest BCUT2D eigenvalue weighted by Crippen LogP contribution is -2.20. The fourth-order valence-corrected chi connectivity index (χ4v) is 7.58. The standard InChI is InChI=1S/C25H29BrO3P/c1-8-18-9-10-23(24(18)26)30(19-11-15(2)25(29-7)16(3)12-19)20-13-21(27-5)17(4)22(14-20)28-6/h9-14H,8H2,1-7H3. The SMILES string of the molecule is CC[C]1[CH][CH][C](P(c2cc(C)c(OC)c(C)c2)c2cc(OC)c(C)c(OC)c2)[C]1Br. The van der Waals surface area contributed by atoms with Gasteiger partial charge in [0.2, 0.25) is 0 Å². The summed E-state index contributed by atoms with van der Waals surface area (Å²) < 4.78 is 17.0. The zero-order valence-electron chi connectivity index (χ0n) is 18.7. The lowest BCUT2D eigenvalue weighted by atomic mass is 10.1. The summed E-state index contributed by atoms with van der Waals surface area (Å²) in [4.78, 5) is 1.20. The van der Waals surface area contributed by atoms with Crippen molar-refractivity contribution in [2.24, 2.45) is 0 Å². The molecule has 0 bridgehead atoms. The first kappa shape index (κ1) is 23.4. The van der Waals surface area contributed by atoms with Gasteiger partial charge in [-0.1, -0.05) is 22.9 Å². The first-order valence-electron chi connectivity index (χ1n) is 9.98. The van der Waals surface area contributed by atoms with Crippen molar-refractivity contribution in [3.63, 3.8) is 0 Å². The van der Waals surface area contributed by atoms with Gasteiger partial charge in [-0.3, -0.25) is 0 Å². The van der Waals surface area contributed by atoms with Crippen LogP contribution in [0.15, 0.2) is 24.3 Å². The fraction of sp³-hybridized carbons (Fsp3) is 0.320. The van der Waals surface area contributed by atoms with Crippen LogP contribution in [0.25, 0.3) is 0 Å². The van der Waals surface area contributed by atoms with Gasteiger partial charge in [0.1, 0.15) is 17.2 Å². The van der Waals surface area contributed by atoms with Crippen molar-refractivity contribution in [2.75, 3.05) is 21.3 Å². The number of ether oxygens (including phenoxy) is 3. The van der Waals surface area contributed by atoms with Crippen molar-refractivity contribution in [2.45, 2.75) is 34.1 Å². The summed E-state index contributed by atoms with van der Waals surface area (Å²) in [6, 6.07) is 8.82. The molecule has 3 nitrogen and oxygen atoms in total. The maximum atomic E-state index is 5.69. The smallest absolute Gasteiger partial charge is 0.126 e. The molecule has 2 aromatic carbocycles. The summed E-state index contributed by atoms with van der Waals surface area (Å²) >= 11 is 3.89. The highest BCUT2D eigenvalue weighted by molar-refractivity contribution is 9.11. The minimum absolute atomic E-state index is 0.820. The molecule has 0 amide bonds.